The molecule has 0 saturated carbocycles. The molecule has 0 atom stereocenters. The van der Waals surface area contributed by atoms with E-state index in [1.807, 2.05) is 0 Å². The van der Waals surface area contributed by atoms with Gasteiger partial charge in [-0.05, 0) is 69.4 Å². The second kappa shape index (κ2) is 8.85. The smallest absolute Gasteiger partial charge is 0.318 e. The van der Waals surface area contributed by atoms with Crippen molar-refractivity contribution < 1.29 is 18.0 Å². The number of thioether (sulfide) groups is 1. The Balaban J connectivity index is 1.42. The van der Waals surface area contributed by atoms with E-state index in [0.717, 1.165) is 46.6 Å². The molecule has 0 bridgehead atoms. The van der Waals surface area contributed by atoms with E-state index in [4.69, 9.17) is 0 Å². The summed E-state index contributed by atoms with van der Waals surface area (Å²) in [5, 5.41) is 1.90. The first-order chi connectivity index (χ1) is 16.2. The van der Waals surface area contributed by atoms with Crippen LogP contribution in [0.25, 0.3) is 15.9 Å². The molecular formula is C25H22F3N3OS2. The molecule has 0 amide bonds. The Bertz CT molecular complexity index is 1400. The number of hydrogen-bond acceptors (Lipinski definition) is 5. The molecule has 0 aliphatic heterocycles. The molecule has 176 valence electrons. The molecule has 5 rings (SSSR count). The molecule has 0 N–H and O–H groups in total. The number of ketones is 1. The van der Waals surface area contributed by atoms with Gasteiger partial charge in [0.25, 0.3) is 0 Å². The molecule has 1 aliphatic carbocycles. The number of nitrogens with zero attached hydrogens (tertiary/aromatic N) is 3. The van der Waals surface area contributed by atoms with Gasteiger partial charge in [-0.2, -0.15) is 13.2 Å². The van der Waals surface area contributed by atoms with Crippen LogP contribution in [0.3, 0.4) is 0 Å². The topological polar surface area (TPSA) is 47.8 Å². The number of alkyl halides is 3. The minimum Gasteiger partial charge on any atom is -0.318 e. The van der Waals surface area contributed by atoms with Crippen LogP contribution < -0.4 is 0 Å². The molecule has 4 nitrogen and oxygen atoms in total. The van der Waals surface area contributed by atoms with Crippen molar-refractivity contribution in [3.63, 3.8) is 0 Å². The average Bonchev–Trinajstić information content (AvgIpc) is 3.34. The fourth-order valence-corrected chi connectivity index (χ4v) is 6.85. The Labute approximate surface area is 203 Å². The highest BCUT2D eigenvalue weighted by Gasteiger charge is 2.31. The van der Waals surface area contributed by atoms with E-state index in [0.29, 0.717) is 22.6 Å². The summed E-state index contributed by atoms with van der Waals surface area (Å²) in [5.74, 6) is 0.121. The van der Waals surface area contributed by atoms with Gasteiger partial charge in [-0.25, -0.2) is 9.97 Å². The van der Waals surface area contributed by atoms with Crippen molar-refractivity contribution in [3.8, 4) is 5.69 Å². The van der Waals surface area contributed by atoms with Crippen molar-refractivity contribution in [1.29, 1.82) is 0 Å². The SMILES string of the molecule is Cc1cc(C(=O)CSc2ncnc3sc4c(c23)CCCC4)c(C)n1-c1cccc(C(F)(F)F)c1. The highest BCUT2D eigenvalue weighted by Crippen LogP contribution is 2.39. The lowest BCUT2D eigenvalue weighted by molar-refractivity contribution is -0.137. The summed E-state index contributed by atoms with van der Waals surface area (Å²) in [4.78, 5) is 24.4. The maximum Gasteiger partial charge on any atom is 0.416 e. The number of carbonyl (C=O) groups excluding carboxylic acids is 1. The number of aryl methyl sites for hydroxylation is 3. The molecule has 0 unspecified atom stereocenters. The summed E-state index contributed by atoms with van der Waals surface area (Å²) in [6.45, 7) is 3.56. The number of Topliss-reactive ketones (excluding diaryl/α,β-unsaturated/α-hetero) is 1. The van der Waals surface area contributed by atoms with Crippen molar-refractivity contribution in [3.05, 3.63) is 69.6 Å². The van der Waals surface area contributed by atoms with Crippen molar-refractivity contribution in [2.75, 3.05) is 5.75 Å². The summed E-state index contributed by atoms with van der Waals surface area (Å²) >= 11 is 3.12. The van der Waals surface area contributed by atoms with Crippen LogP contribution in [-0.4, -0.2) is 26.1 Å². The molecule has 0 fully saturated rings. The summed E-state index contributed by atoms with van der Waals surface area (Å²) < 4.78 is 41.3. The van der Waals surface area contributed by atoms with E-state index in [2.05, 4.69) is 9.97 Å². The number of fused-ring (bicyclic) bond motifs is 3. The summed E-state index contributed by atoms with van der Waals surface area (Å²) in [6, 6.07) is 6.92. The third-order valence-corrected chi connectivity index (χ3v) is 8.41. The van der Waals surface area contributed by atoms with Gasteiger partial charge in [-0.1, -0.05) is 17.8 Å². The number of carbonyl (C=O) groups is 1. The molecule has 0 spiro atoms. The van der Waals surface area contributed by atoms with Gasteiger partial charge in [0, 0.05) is 32.9 Å². The van der Waals surface area contributed by atoms with Gasteiger partial charge in [0.2, 0.25) is 0 Å². The number of halogens is 3. The standard InChI is InChI=1S/C25H22F3N3OS2/c1-14-10-19(15(2)31(14)17-7-5-6-16(11-17)25(26,27)28)20(32)12-33-23-22-18-8-3-4-9-21(18)34-24(22)30-13-29-23/h5-7,10-11,13H,3-4,8-9,12H2,1-2H3. The van der Waals surface area contributed by atoms with Crippen LogP contribution >= 0.6 is 23.1 Å². The number of hydrogen-bond donors (Lipinski definition) is 0. The van der Waals surface area contributed by atoms with Gasteiger partial charge in [0.15, 0.2) is 5.78 Å². The van der Waals surface area contributed by atoms with Crippen molar-refractivity contribution >= 4 is 39.1 Å². The lowest BCUT2D eigenvalue weighted by Gasteiger charge is -2.13. The summed E-state index contributed by atoms with van der Waals surface area (Å²) in [6.07, 6.45) is 1.55. The molecule has 1 aliphatic rings. The fraction of sp³-hybridized carbons (Fsp3) is 0.320. The highest BCUT2D eigenvalue weighted by atomic mass is 32.2. The maximum absolute atomic E-state index is 13.2. The lowest BCUT2D eigenvalue weighted by atomic mass is 9.97. The largest absolute Gasteiger partial charge is 0.416 e. The molecule has 0 radical (unpaired) electrons. The van der Waals surface area contributed by atoms with Crippen LogP contribution in [0.1, 0.15) is 50.6 Å². The van der Waals surface area contributed by atoms with E-state index in [-0.39, 0.29) is 11.5 Å². The minimum atomic E-state index is -4.43. The number of benzene rings is 1. The van der Waals surface area contributed by atoms with Crippen molar-refractivity contribution in [1.82, 2.24) is 14.5 Å². The van der Waals surface area contributed by atoms with Gasteiger partial charge in [0.1, 0.15) is 16.2 Å². The lowest BCUT2D eigenvalue weighted by Crippen LogP contribution is -2.08. The summed E-state index contributed by atoms with van der Waals surface area (Å²) in [5.41, 5.74) is 2.85. The van der Waals surface area contributed by atoms with Crippen molar-refractivity contribution in [2.45, 2.75) is 50.7 Å². The Kier molecular flexibility index (Phi) is 6.02. The Hall–Kier alpha value is -2.65. The average molecular weight is 502 g/mol. The van der Waals surface area contributed by atoms with E-state index >= 15 is 0 Å². The molecule has 4 aromatic rings. The van der Waals surface area contributed by atoms with Crippen LogP contribution in [-0.2, 0) is 19.0 Å². The van der Waals surface area contributed by atoms with E-state index in [1.54, 1.807) is 48.2 Å². The van der Waals surface area contributed by atoms with Gasteiger partial charge < -0.3 is 4.57 Å². The molecule has 3 heterocycles. The van der Waals surface area contributed by atoms with Crippen LogP contribution in [0.15, 0.2) is 41.7 Å². The van der Waals surface area contributed by atoms with Crippen LogP contribution in [0.4, 0.5) is 13.2 Å². The predicted molar refractivity (Wildman–Crippen MR) is 129 cm³/mol. The predicted octanol–water partition coefficient (Wildman–Crippen LogP) is 6.97. The Morgan fingerprint density at radius 3 is 2.74 bits per heavy atom. The van der Waals surface area contributed by atoms with E-state index in [9.17, 15) is 18.0 Å². The Morgan fingerprint density at radius 2 is 1.94 bits per heavy atom. The number of rotatable bonds is 5. The summed E-state index contributed by atoms with van der Waals surface area (Å²) in [7, 11) is 0. The Morgan fingerprint density at radius 1 is 1.15 bits per heavy atom. The fourth-order valence-electron chi connectivity index (χ4n) is 4.65. The van der Waals surface area contributed by atoms with Gasteiger partial charge in [-0.3, -0.25) is 4.79 Å². The molecule has 34 heavy (non-hydrogen) atoms. The molecule has 1 aromatic carbocycles. The first kappa shape index (κ1) is 23.1. The van der Waals surface area contributed by atoms with E-state index < -0.39 is 11.7 Å². The van der Waals surface area contributed by atoms with E-state index in [1.165, 1.54) is 34.7 Å². The molecule has 0 saturated heterocycles. The second-order valence-electron chi connectivity index (χ2n) is 8.45. The molecule has 9 heteroatoms. The number of thiophene rings is 1. The maximum atomic E-state index is 13.2. The second-order valence-corrected chi connectivity index (χ2v) is 10.5. The zero-order chi connectivity index (χ0) is 24.0. The first-order valence-electron chi connectivity index (χ1n) is 11.0. The first-order valence-corrected chi connectivity index (χ1v) is 12.8. The van der Waals surface area contributed by atoms with Crippen LogP contribution in [0.5, 0.6) is 0 Å². The highest BCUT2D eigenvalue weighted by molar-refractivity contribution is 8.00. The van der Waals surface area contributed by atoms with Crippen LogP contribution in [0, 0.1) is 13.8 Å². The zero-order valence-electron chi connectivity index (χ0n) is 18.7. The molecular weight excluding hydrogens is 479 g/mol. The van der Waals surface area contributed by atoms with Gasteiger partial charge >= 0.3 is 6.18 Å². The van der Waals surface area contributed by atoms with Gasteiger partial charge in [-0.15, -0.1) is 11.3 Å². The van der Waals surface area contributed by atoms with Gasteiger partial charge in [0.05, 0.1) is 11.3 Å². The van der Waals surface area contributed by atoms with Crippen molar-refractivity contribution in [2.24, 2.45) is 0 Å². The molecule has 3 aromatic heterocycles. The minimum absolute atomic E-state index is 0.0767. The third kappa shape index (κ3) is 4.15. The third-order valence-electron chi connectivity index (χ3n) is 6.22. The monoisotopic (exact) mass is 501 g/mol. The number of aromatic nitrogens is 3. The normalized spacial score (nSPS) is 13.9. The quantitative estimate of drug-likeness (QED) is 0.168. The zero-order valence-corrected chi connectivity index (χ0v) is 20.3. The van der Waals surface area contributed by atoms with Crippen LogP contribution in [0.2, 0.25) is 0 Å².